The van der Waals surface area contributed by atoms with Gasteiger partial charge in [-0.05, 0) is 42.7 Å². The summed E-state index contributed by atoms with van der Waals surface area (Å²) >= 11 is 0. The number of esters is 1. The van der Waals surface area contributed by atoms with Gasteiger partial charge in [0.2, 0.25) is 0 Å². The summed E-state index contributed by atoms with van der Waals surface area (Å²) in [6.07, 6.45) is 4.39. The number of carbonyl (C=O) groups excluding carboxylic acids is 2. The van der Waals surface area contributed by atoms with E-state index in [1.807, 2.05) is 28.8 Å². The van der Waals surface area contributed by atoms with E-state index in [0.717, 1.165) is 31.5 Å². The molecule has 1 fully saturated rings. The van der Waals surface area contributed by atoms with Gasteiger partial charge >= 0.3 is 5.97 Å². The lowest BCUT2D eigenvalue weighted by Crippen LogP contribution is -2.28. The second-order valence-corrected chi connectivity index (χ2v) is 10.5. The lowest BCUT2D eigenvalue weighted by Gasteiger charge is -2.19. The number of hydrogen-bond acceptors (Lipinski definition) is 6. The smallest absolute Gasteiger partial charge is 0.356 e. The first kappa shape index (κ1) is 25.7. The van der Waals surface area contributed by atoms with Crippen molar-refractivity contribution in [3.05, 3.63) is 53.9 Å². The zero-order valence-electron chi connectivity index (χ0n) is 21.6. The number of rotatable bonds is 9. The van der Waals surface area contributed by atoms with Crippen LogP contribution < -0.4 is 10.6 Å². The lowest BCUT2D eigenvalue weighted by atomic mass is 9.97. The van der Waals surface area contributed by atoms with E-state index in [1.165, 1.54) is 12.7 Å². The van der Waals surface area contributed by atoms with E-state index in [2.05, 4.69) is 43.5 Å². The number of nitrogens with zero attached hydrogens (tertiary/aromatic N) is 2. The number of anilines is 2. The molecule has 4 rings (SSSR count). The predicted octanol–water partition coefficient (Wildman–Crippen LogP) is 5.03. The maximum absolute atomic E-state index is 13.0. The minimum absolute atomic E-state index is 0.0758. The standard InChI is InChI=1S/C28H36N4O4/c1-28(2,3)18-30-20-16-21-23(31-26(33)22-13-9-15-36-22)24(27(34)35-4)32(25(21)29-17-20)14-8-12-19-10-6-5-7-11-19/h5-7,10-11,16-17,22,30H,8-9,12-15,18H2,1-4H3,(H,31,33)/t22-/m0/s1. The first-order chi connectivity index (χ1) is 17.3. The molecule has 8 heteroatoms. The molecule has 3 aromatic rings. The van der Waals surface area contributed by atoms with Gasteiger partial charge in [0.15, 0.2) is 5.69 Å². The van der Waals surface area contributed by atoms with Crippen LogP contribution in [0.1, 0.15) is 56.1 Å². The Balaban J connectivity index is 1.73. The summed E-state index contributed by atoms with van der Waals surface area (Å²) in [4.78, 5) is 30.8. The molecule has 8 nitrogen and oxygen atoms in total. The van der Waals surface area contributed by atoms with Crippen LogP contribution in [0.3, 0.4) is 0 Å². The molecule has 1 amide bonds. The largest absolute Gasteiger partial charge is 0.464 e. The molecule has 192 valence electrons. The van der Waals surface area contributed by atoms with Crippen LogP contribution in [-0.4, -0.2) is 47.8 Å². The highest BCUT2D eigenvalue weighted by molar-refractivity contribution is 6.12. The molecular weight excluding hydrogens is 456 g/mol. The highest BCUT2D eigenvalue weighted by Gasteiger charge is 2.30. The van der Waals surface area contributed by atoms with E-state index < -0.39 is 12.1 Å². The lowest BCUT2D eigenvalue weighted by molar-refractivity contribution is -0.124. The number of methoxy groups -OCH3 is 1. The molecule has 1 aliphatic heterocycles. The van der Waals surface area contributed by atoms with Gasteiger partial charge in [-0.2, -0.15) is 0 Å². The van der Waals surface area contributed by atoms with Gasteiger partial charge in [-0.1, -0.05) is 51.1 Å². The molecule has 0 saturated carbocycles. The normalized spacial score (nSPS) is 15.7. The fourth-order valence-corrected chi connectivity index (χ4v) is 4.42. The first-order valence-corrected chi connectivity index (χ1v) is 12.6. The average Bonchev–Trinajstić information content (AvgIpc) is 3.50. The number of carbonyl (C=O) groups is 2. The molecule has 2 aromatic heterocycles. The van der Waals surface area contributed by atoms with Gasteiger partial charge in [-0.15, -0.1) is 0 Å². The number of amides is 1. The second-order valence-electron chi connectivity index (χ2n) is 10.5. The SMILES string of the molecule is COC(=O)c1c(NC(=O)[C@@H]2CCCO2)c2cc(NCC(C)(C)C)cnc2n1CCCc1ccccc1. The van der Waals surface area contributed by atoms with E-state index in [0.29, 0.717) is 42.0 Å². The van der Waals surface area contributed by atoms with E-state index in [9.17, 15) is 9.59 Å². The number of aryl methyl sites for hydroxylation is 2. The number of benzene rings is 1. The van der Waals surface area contributed by atoms with Gasteiger partial charge in [0.25, 0.3) is 5.91 Å². The van der Waals surface area contributed by atoms with Crippen LogP contribution in [0.4, 0.5) is 11.4 Å². The van der Waals surface area contributed by atoms with E-state index in [1.54, 1.807) is 6.20 Å². The fraction of sp³-hybridized carbons (Fsp3) is 0.464. The van der Waals surface area contributed by atoms with Crippen molar-refractivity contribution in [2.24, 2.45) is 5.41 Å². The van der Waals surface area contributed by atoms with Gasteiger partial charge in [-0.3, -0.25) is 4.79 Å². The van der Waals surface area contributed by atoms with Crippen LogP contribution in [0.15, 0.2) is 42.6 Å². The van der Waals surface area contributed by atoms with E-state index >= 15 is 0 Å². The Kier molecular flexibility index (Phi) is 7.94. The zero-order valence-corrected chi connectivity index (χ0v) is 21.6. The maximum atomic E-state index is 13.0. The molecule has 0 spiro atoms. The maximum Gasteiger partial charge on any atom is 0.356 e. The monoisotopic (exact) mass is 492 g/mol. The summed E-state index contributed by atoms with van der Waals surface area (Å²) in [6, 6.07) is 12.2. The number of pyridine rings is 1. The van der Waals surface area contributed by atoms with Crippen molar-refractivity contribution in [3.63, 3.8) is 0 Å². The Bertz CT molecular complexity index is 1210. The van der Waals surface area contributed by atoms with Crippen molar-refractivity contribution in [1.29, 1.82) is 0 Å². The minimum Gasteiger partial charge on any atom is -0.464 e. The summed E-state index contributed by atoms with van der Waals surface area (Å²) in [6.45, 7) is 8.31. The Morgan fingerprint density at radius 2 is 2.00 bits per heavy atom. The molecule has 2 N–H and O–H groups in total. The average molecular weight is 493 g/mol. The first-order valence-electron chi connectivity index (χ1n) is 12.6. The van der Waals surface area contributed by atoms with E-state index in [-0.39, 0.29) is 11.3 Å². The Labute approximate surface area is 212 Å². The summed E-state index contributed by atoms with van der Waals surface area (Å²) in [5, 5.41) is 7.10. The molecule has 0 unspecified atom stereocenters. The van der Waals surface area contributed by atoms with Crippen LogP contribution in [0.25, 0.3) is 11.0 Å². The fourth-order valence-electron chi connectivity index (χ4n) is 4.42. The van der Waals surface area contributed by atoms with Crippen LogP contribution >= 0.6 is 0 Å². The molecule has 0 aliphatic carbocycles. The number of fused-ring (bicyclic) bond motifs is 1. The highest BCUT2D eigenvalue weighted by Crippen LogP contribution is 2.34. The van der Waals surface area contributed by atoms with Gasteiger partial charge in [0.1, 0.15) is 11.8 Å². The molecule has 1 atom stereocenters. The Hall–Kier alpha value is -3.39. The molecular formula is C28H36N4O4. The summed E-state index contributed by atoms with van der Waals surface area (Å²) in [7, 11) is 1.35. The molecule has 1 aliphatic rings. The Morgan fingerprint density at radius 3 is 2.67 bits per heavy atom. The quantitative estimate of drug-likeness (QED) is 0.407. The summed E-state index contributed by atoms with van der Waals surface area (Å²) < 4.78 is 12.6. The molecule has 3 heterocycles. The third-order valence-corrected chi connectivity index (χ3v) is 6.26. The zero-order chi connectivity index (χ0) is 25.7. The number of hydrogen-bond donors (Lipinski definition) is 2. The predicted molar refractivity (Wildman–Crippen MR) is 141 cm³/mol. The van der Waals surface area contributed by atoms with Crippen molar-refractivity contribution >= 4 is 34.3 Å². The molecule has 0 radical (unpaired) electrons. The minimum atomic E-state index is -0.526. The van der Waals surface area contributed by atoms with Crippen molar-refractivity contribution in [1.82, 2.24) is 9.55 Å². The molecule has 0 bridgehead atoms. The Morgan fingerprint density at radius 1 is 1.22 bits per heavy atom. The third kappa shape index (κ3) is 6.05. The second kappa shape index (κ2) is 11.1. The highest BCUT2D eigenvalue weighted by atomic mass is 16.5. The van der Waals surface area contributed by atoms with E-state index in [4.69, 9.17) is 14.5 Å². The molecule has 1 aromatic carbocycles. The van der Waals surface area contributed by atoms with Crippen LogP contribution in [-0.2, 0) is 27.2 Å². The van der Waals surface area contributed by atoms with Crippen molar-refractivity contribution in [2.45, 2.75) is 59.1 Å². The number of nitrogens with one attached hydrogen (secondary N) is 2. The van der Waals surface area contributed by atoms with Crippen LogP contribution in [0.5, 0.6) is 0 Å². The van der Waals surface area contributed by atoms with Gasteiger partial charge in [0.05, 0.1) is 24.7 Å². The van der Waals surface area contributed by atoms with Crippen LogP contribution in [0.2, 0.25) is 0 Å². The summed E-state index contributed by atoms with van der Waals surface area (Å²) in [5.41, 5.74) is 3.47. The van der Waals surface area contributed by atoms with Crippen molar-refractivity contribution < 1.29 is 19.1 Å². The molecule has 36 heavy (non-hydrogen) atoms. The van der Waals surface area contributed by atoms with Gasteiger partial charge in [0, 0.05) is 25.1 Å². The number of aromatic nitrogens is 2. The molecule has 1 saturated heterocycles. The number of ether oxygens (including phenoxy) is 2. The topological polar surface area (TPSA) is 94.5 Å². The van der Waals surface area contributed by atoms with Crippen molar-refractivity contribution in [3.8, 4) is 0 Å². The van der Waals surface area contributed by atoms with Crippen LogP contribution in [0, 0.1) is 5.41 Å². The van der Waals surface area contributed by atoms with Gasteiger partial charge in [-0.25, -0.2) is 9.78 Å². The summed E-state index contributed by atoms with van der Waals surface area (Å²) in [5.74, 6) is -0.770. The van der Waals surface area contributed by atoms with Gasteiger partial charge < -0.3 is 24.7 Å². The third-order valence-electron chi connectivity index (χ3n) is 6.26. The van der Waals surface area contributed by atoms with Crippen molar-refractivity contribution in [2.75, 3.05) is 30.9 Å².